The fourth-order valence-corrected chi connectivity index (χ4v) is 3.33. The molecule has 0 aromatic carbocycles. The van der Waals surface area contributed by atoms with Crippen LogP contribution in [0.3, 0.4) is 0 Å². The van der Waals surface area contributed by atoms with Crippen molar-refractivity contribution in [2.24, 2.45) is 0 Å². The van der Waals surface area contributed by atoms with Crippen LogP contribution in [0.15, 0.2) is 24.5 Å². The lowest BCUT2D eigenvalue weighted by Crippen LogP contribution is -2.39. The summed E-state index contributed by atoms with van der Waals surface area (Å²) in [5.74, 6) is 0.513. The first-order valence-corrected chi connectivity index (χ1v) is 7.72. The second kappa shape index (κ2) is 6.43. The molecule has 1 aromatic heterocycles. The van der Waals surface area contributed by atoms with Crippen molar-refractivity contribution in [2.45, 2.75) is 50.2 Å². The van der Waals surface area contributed by atoms with Crippen LogP contribution < -0.4 is 10.1 Å². The lowest BCUT2D eigenvalue weighted by Gasteiger charge is -2.32. The van der Waals surface area contributed by atoms with Crippen LogP contribution in [0, 0.1) is 0 Å². The average Bonchev–Trinajstić information content (AvgIpc) is 2.89. The topological polar surface area (TPSA) is 60.5 Å². The van der Waals surface area contributed by atoms with E-state index in [1.807, 2.05) is 0 Å². The molecule has 2 heterocycles. The van der Waals surface area contributed by atoms with Crippen LogP contribution in [-0.4, -0.2) is 35.7 Å². The third-order valence-electron chi connectivity index (χ3n) is 4.34. The Labute approximate surface area is 125 Å². The lowest BCUT2D eigenvalue weighted by atomic mass is 9.82. The molecule has 2 fully saturated rings. The van der Waals surface area contributed by atoms with Crippen molar-refractivity contribution in [3.05, 3.63) is 24.5 Å². The van der Waals surface area contributed by atoms with Crippen molar-refractivity contribution in [3.63, 3.8) is 0 Å². The number of pyridine rings is 1. The normalized spacial score (nSPS) is 23.9. The summed E-state index contributed by atoms with van der Waals surface area (Å²) in [6, 6.07) is 3.69. The van der Waals surface area contributed by atoms with Gasteiger partial charge in [0, 0.05) is 6.20 Å². The van der Waals surface area contributed by atoms with E-state index in [1.165, 1.54) is 19.3 Å². The molecule has 1 aliphatic carbocycles. The second-order valence-corrected chi connectivity index (χ2v) is 6.00. The van der Waals surface area contributed by atoms with E-state index in [1.54, 1.807) is 24.5 Å². The summed E-state index contributed by atoms with van der Waals surface area (Å²) in [4.78, 5) is 15.9. The van der Waals surface area contributed by atoms with Gasteiger partial charge in [0.25, 0.3) is 5.91 Å². The minimum atomic E-state index is -0.0969. The molecule has 1 saturated heterocycles. The minimum absolute atomic E-state index is 0.0230. The quantitative estimate of drug-likeness (QED) is 0.922. The molecule has 3 rings (SSSR count). The van der Waals surface area contributed by atoms with Gasteiger partial charge in [0.15, 0.2) is 6.61 Å². The van der Waals surface area contributed by atoms with Gasteiger partial charge < -0.3 is 14.8 Å². The number of nitrogens with one attached hydrogen (secondary N) is 1. The summed E-state index contributed by atoms with van der Waals surface area (Å²) in [5, 5.41) is 3.01. The van der Waals surface area contributed by atoms with Gasteiger partial charge in [0.1, 0.15) is 5.75 Å². The van der Waals surface area contributed by atoms with E-state index in [-0.39, 0.29) is 24.2 Å². The predicted octanol–water partition coefficient (Wildman–Crippen LogP) is 2.07. The summed E-state index contributed by atoms with van der Waals surface area (Å²) in [6.45, 7) is 0.647. The minimum Gasteiger partial charge on any atom is -0.482 e. The van der Waals surface area contributed by atoms with Crippen molar-refractivity contribution in [2.75, 3.05) is 13.2 Å². The Bertz CT molecular complexity index is 472. The fourth-order valence-electron chi connectivity index (χ4n) is 3.33. The van der Waals surface area contributed by atoms with Crippen LogP contribution in [0.1, 0.15) is 38.5 Å². The number of aromatic nitrogens is 1. The molecule has 0 bridgehead atoms. The Hall–Kier alpha value is -1.62. The molecule has 1 atom stereocenters. The zero-order valence-electron chi connectivity index (χ0n) is 12.2. The number of rotatable bonds is 4. The monoisotopic (exact) mass is 290 g/mol. The highest BCUT2D eigenvalue weighted by Gasteiger charge is 2.41. The van der Waals surface area contributed by atoms with E-state index < -0.39 is 0 Å². The molecule has 1 aromatic rings. The molecule has 114 valence electrons. The van der Waals surface area contributed by atoms with E-state index in [0.717, 1.165) is 19.3 Å². The first-order chi connectivity index (χ1) is 10.3. The van der Waals surface area contributed by atoms with Gasteiger partial charge in [-0.1, -0.05) is 19.3 Å². The fraction of sp³-hybridized carbons (Fsp3) is 0.625. The van der Waals surface area contributed by atoms with Crippen LogP contribution in [0.4, 0.5) is 0 Å². The van der Waals surface area contributed by atoms with Crippen LogP contribution >= 0.6 is 0 Å². The Morgan fingerprint density at radius 3 is 3.05 bits per heavy atom. The second-order valence-electron chi connectivity index (χ2n) is 6.00. The number of ether oxygens (including phenoxy) is 2. The number of hydrogen-bond donors (Lipinski definition) is 1. The van der Waals surface area contributed by atoms with E-state index in [9.17, 15) is 4.79 Å². The van der Waals surface area contributed by atoms with E-state index in [4.69, 9.17) is 9.47 Å². The Morgan fingerprint density at radius 1 is 1.43 bits per heavy atom. The van der Waals surface area contributed by atoms with Gasteiger partial charge in [-0.2, -0.15) is 0 Å². The number of hydrogen-bond acceptors (Lipinski definition) is 4. The highest BCUT2D eigenvalue weighted by Crippen LogP contribution is 2.39. The Kier molecular flexibility index (Phi) is 4.39. The van der Waals surface area contributed by atoms with Gasteiger partial charge >= 0.3 is 0 Å². The summed E-state index contributed by atoms with van der Waals surface area (Å²) in [5.41, 5.74) is 0.0282. The molecular weight excluding hydrogens is 268 g/mol. The van der Waals surface area contributed by atoms with Crippen LogP contribution in [-0.2, 0) is 9.53 Å². The van der Waals surface area contributed by atoms with E-state index in [0.29, 0.717) is 12.4 Å². The van der Waals surface area contributed by atoms with Gasteiger partial charge in [0.2, 0.25) is 0 Å². The maximum absolute atomic E-state index is 11.9. The van der Waals surface area contributed by atoms with Crippen molar-refractivity contribution in [1.82, 2.24) is 10.3 Å². The van der Waals surface area contributed by atoms with Gasteiger partial charge in [-0.3, -0.25) is 9.78 Å². The molecule has 0 unspecified atom stereocenters. The number of nitrogens with zero attached hydrogens (tertiary/aromatic N) is 1. The molecule has 5 heteroatoms. The molecule has 0 radical (unpaired) electrons. The SMILES string of the molecule is O=C(COc1cccnc1)N[C@@H]1COC2(CCCCC2)C1. The largest absolute Gasteiger partial charge is 0.482 e. The van der Waals surface area contributed by atoms with Gasteiger partial charge in [0.05, 0.1) is 24.4 Å². The summed E-state index contributed by atoms with van der Waals surface area (Å²) >= 11 is 0. The van der Waals surface area contributed by atoms with Crippen LogP contribution in [0.25, 0.3) is 0 Å². The first kappa shape index (κ1) is 14.3. The number of carbonyl (C=O) groups is 1. The maximum atomic E-state index is 11.9. The Balaban J connectivity index is 1.43. The average molecular weight is 290 g/mol. The third kappa shape index (κ3) is 3.73. The molecule has 1 spiro atoms. The van der Waals surface area contributed by atoms with Crippen LogP contribution in [0.5, 0.6) is 5.75 Å². The standard InChI is InChI=1S/C16H22N2O3/c19-15(12-20-14-5-4-8-17-10-14)18-13-9-16(21-11-13)6-2-1-3-7-16/h4-5,8,10,13H,1-3,6-7,9,11-12H2,(H,18,19)/t13-/m0/s1. The number of carbonyl (C=O) groups excluding carboxylic acids is 1. The lowest BCUT2D eigenvalue weighted by molar-refractivity contribution is -0.123. The van der Waals surface area contributed by atoms with Crippen molar-refractivity contribution in [3.8, 4) is 5.75 Å². The molecule has 1 N–H and O–H groups in total. The molecule has 1 saturated carbocycles. The molecule has 1 amide bonds. The first-order valence-electron chi connectivity index (χ1n) is 7.72. The summed E-state index contributed by atoms with van der Waals surface area (Å²) in [6.07, 6.45) is 10.3. The predicted molar refractivity (Wildman–Crippen MR) is 78.0 cm³/mol. The van der Waals surface area contributed by atoms with Crippen molar-refractivity contribution < 1.29 is 14.3 Å². The summed E-state index contributed by atoms with van der Waals surface area (Å²) in [7, 11) is 0. The molecule has 5 nitrogen and oxygen atoms in total. The number of amides is 1. The molecule has 2 aliphatic rings. The maximum Gasteiger partial charge on any atom is 0.258 e. The van der Waals surface area contributed by atoms with Crippen LogP contribution in [0.2, 0.25) is 0 Å². The molecular formula is C16H22N2O3. The zero-order valence-corrected chi connectivity index (χ0v) is 12.2. The molecule has 1 aliphatic heterocycles. The van der Waals surface area contributed by atoms with Crippen molar-refractivity contribution >= 4 is 5.91 Å². The van der Waals surface area contributed by atoms with E-state index in [2.05, 4.69) is 10.3 Å². The highest BCUT2D eigenvalue weighted by molar-refractivity contribution is 5.77. The van der Waals surface area contributed by atoms with Gasteiger partial charge in [-0.25, -0.2) is 0 Å². The molecule has 21 heavy (non-hydrogen) atoms. The summed E-state index contributed by atoms with van der Waals surface area (Å²) < 4.78 is 11.4. The smallest absolute Gasteiger partial charge is 0.258 e. The third-order valence-corrected chi connectivity index (χ3v) is 4.34. The van der Waals surface area contributed by atoms with Crippen molar-refractivity contribution in [1.29, 1.82) is 0 Å². The highest BCUT2D eigenvalue weighted by atomic mass is 16.5. The van der Waals surface area contributed by atoms with E-state index >= 15 is 0 Å². The van der Waals surface area contributed by atoms with Gasteiger partial charge in [-0.05, 0) is 31.4 Å². The zero-order chi connectivity index (χ0) is 14.5. The van der Waals surface area contributed by atoms with Gasteiger partial charge in [-0.15, -0.1) is 0 Å². The Morgan fingerprint density at radius 2 is 2.29 bits per heavy atom.